The van der Waals surface area contributed by atoms with Crippen LogP contribution in [0, 0.1) is 13.8 Å². The zero-order valence-corrected chi connectivity index (χ0v) is 15.8. The monoisotopic (exact) mass is 362 g/mol. The molecule has 132 valence electrons. The standard InChI is InChI=1S/C22H22N2OS/c1-14-7-6-10-18-15(2)13-19(24-20(14)18)26-21(16-8-4-3-5-9-16)22(25)23-17-11-12-17/h3-10,13,17,21H,11-12H2,1-2H3,(H,23,25)/t21-/m1/s1. The molecule has 1 aromatic heterocycles. The Kier molecular flexibility index (Phi) is 4.68. The highest BCUT2D eigenvalue weighted by atomic mass is 32.2. The maximum atomic E-state index is 12.9. The molecule has 3 aromatic rings. The maximum absolute atomic E-state index is 12.9. The summed E-state index contributed by atoms with van der Waals surface area (Å²) in [4.78, 5) is 17.7. The highest BCUT2D eigenvalue weighted by molar-refractivity contribution is 8.00. The Morgan fingerprint density at radius 3 is 2.58 bits per heavy atom. The largest absolute Gasteiger partial charge is 0.352 e. The smallest absolute Gasteiger partial charge is 0.238 e. The topological polar surface area (TPSA) is 42.0 Å². The van der Waals surface area contributed by atoms with Crippen LogP contribution in [0.15, 0.2) is 59.6 Å². The van der Waals surface area contributed by atoms with Gasteiger partial charge in [0.2, 0.25) is 5.91 Å². The summed E-state index contributed by atoms with van der Waals surface area (Å²) in [5.74, 6) is 0.0769. The summed E-state index contributed by atoms with van der Waals surface area (Å²) in [6.07, 6.45) is 2.18. The van der Waals surface area contributed by atoms with Gasteiger partial charge in [-0.15, -0.1) is 0 Å². The molecule has 1 heterocycles. The lowest BCUT2D eigenvalue weighted by Gasteiger charge is -2.17. The Morgan fingerprint density at radius 1 is 1.08 bits per heavy atom. The molecule has 0 radical (unpaired) electrons. The molecule has 1 aliphatic carbocycles. The van der Waals surface area contributed by atoms with Crippen molar-refractivity contribution < 1.29 is 4.79 Å². The second kappa shape index (κ2) is 7.12. The molecule has 4 heteroatoms. The second-order valence-corrected chi connectivity index (χ2v) is 8.07. The first-order valence-electron chi connectivity index (χ1n) is 9.01. The van der Waals surface area contributed by atoms with E-state index in [0.29, 0.717) is 6.04 Å². The zero-order chi connectivity index (χ0) is 18.1. The van der Waals surface area contributed by atoms with Gasteiger partial charge in [-0.05, 0) is 49.4 Å². The SMILES string of the molecule is Cc1cc(S[C@@H](C(=O)NC2CC2)c2ccccc2)nc2c(C)cccc12. The van der Waals surface area contributed by atoms with Gasteiger partial charge in [-0.3, -0.25) is 4.79 Å². The highest BCUT2D eigenvalue weighted by Crippen LogP contribution is 2.37. The van der Waals surface area contributed by atoms with Crippen molar-refractivity contribution in [1.29, 1.82) is 0 Å². The van der Waals surface area contributed by atoms with E-state index in [1.807, 2.05) is 30.3 Å². The molecule has 4 rings (SSSR count). The number of fused-ring (bicyclic) bond motifs is 1. The summed E-state index contributed by atoms with van der Waals surface area (Å²) in [5, 5.41) is 4.93. The molecule has 1 saturated carbocycles. The number of amides is 1. The number of pyridine rings is 1. The van der Waals surface area contributed by atoms with Gasteiger partial charge in [-0.1, -0.05) is 60.3 Å². The molecule has 1 N–H and O–H groups in total. The molecule has 0 spiro atoms. The molecule has 2 aromatic carbocycles. The number of thioether (sulfide) groups is 1. The number of carbonyl (C=O) groups is 1. The summed E-state index contributed by atoms with van der Waals surface area (Å²) < 4.78 is 0. The predicted molar refractivity (Wildman–Crippen MR) is 107 cm³/mol. The summed E-state index contributed by atoms with van der Waals surface area (Å²) in [7, 11) is 0. The quantitative estimate of drug-likeness (QED) is 0.652. The van der Waals surface area contributed by atoms with Crippen molar-refractivity contribution in [2.75, 3.05) is 0 Å². The summed E-state index contributed by atoms with van der Waals surface area (Å²) >= 11 is 1.53. The van der Waals surface area contributed by atoms with Crippen LogP contribution in [-0.2, 0) is 4.79 Å². The molecule has 1 atom stereocenters. The van der Waals surface area contributed by atoms with Crippen LogP contribution in [0.4, 0.5) is 0 Å². The van der Waals surface area contributed by atoms with E-state index in [9.17, 15) is 4.79 Å². The van der Waals surface area contributed by atoms with E-state index in [-0.39, 0.29) is 11.2 Å². The van der Waals surface area contributed by atoms with Gasteiger partial charge in [-0.25, -0.2) is 4.98 Å². The Labute approximate surface area is 158 Å². The minimum Gasteiger partial charge on any atom is -0.352 e. The maximum Gasteiger partial charge on any atom is 0.238 e. The van der Waals surface area contributed by atoms with Gasteiger partial charge in [0.15, 0.2) is 0 Å². The van der Waals surface area contributed by atoms with Crippen molar-refractivity contribution in [3.05, 3.63) is 71.3 Å². The van der Waals surface area contributed by atoms with Crippen molar-refractivity contribution in [2.24, 2.45) is 0 Å². The molecule has 3 nitrogen and oxygen atoms in total. The lowest BCUT2D eigenvalue weighted by Crippen LogP contribution is -2.29. The first-order valence-corrected chi connectivity index (χ1v) is 9.89. The molecule has 0 aliphatic heterocycles. The third-order valence-electron chi connectivity index (χ3n) is 4.73. The first kappa shape index (κ1) is 17.1. The zero-order valence-electron chi connectivity index (χ0n) is 15.0. The van der Waals surface area contributed by atoms with Crippen LogP contribution in [0.5, 0.6) is 0 Å². The van der Waals surface area contributed by atoms with E-state index >= 15 is 0 Å². The van der Waals surface area contributed by atoms with Crippen LogP contribution in [0.25, 0.3) is 10.9 Å². The number of hydrogen-bond donors (Lipinski definition) is 1. The normalized spacial score (nSPS) is 15.0. The lowest BCUT2D eigenvalue weighted by atomic mass is 10.1. The van der Waals surface area contributed by atoms with Gasteiger partial charge in [0, 0.05) is 11.4 Å². The molecular weight excluding hydrogens is 340 g/mol. The van der Waals surface area contributed by atoms with E-state index in [1.165, 1.54) is 22.7 Å². The van der Waals surface area contributed by atoms with E-state index in [0.717, 1.165) is 34.5 Å². The van der Waals surface area contributed by atoms with E-state index in [4.69, 9.17) is 4.98 Å². The van der Waals surface area contributed by atoms with Gasteiger partial charge in [0.25, 0.3) is 0 Å². The summed E-state index contributed by atoms with van der Waals surface area (Å²) in [6.45, 7) is 4.19. The minimum absolute atomic E-state index is 0.0769. The van der Waals surface area contributed by atoms with Gasteiger partial charge in [0.1, 0.15) is 5.25 Å². The summed E-state index contributed by atoms with van der Waals surface area (Å²) in [5.41, 5.74) is 4.38. The number of nitrogens with zero attached hydrogens (tertiary/aromatic N) is 1. The minimum atomic E-state index is -0.287. The fraction of sp³-hybridized carbons (Fsp3) is 0.273. The number of aryl methyl sites for hydroxylation is 2. The number of para-hydroxylation sites is 1. The third kappa shape index (κ3) is 3.61. The molecular formula is C22H22N2OS. The van der Waals surface area contributed by atoms with E-state index in [2.05, 4.69) is 43.4 Å². The van der Waals surface area contributed by atoms with Crippen LogP contribution < -0.4 is 5.32 Å². The van der Waals surface area contributed by atoms with Gasteiger partial charge in [0.05, 0.1) is 10.5 Å². The first-order chi connectivity index (χ1) is 12.6. The van der Waals surface area contributed by atoms with Crippen LogP contribution in [0.2, 0.25) is 0 Å². The van der Waals surface area contributed by atoms with Gasteiger partial charge >= 0.3 is 0 Å². The molecule has 0 saturated heterocycles. The Morgan fingerprint density at radius 2 is 1.85 bits per heavy atom. The number of benzene rings is 2. The van der Waals surface area contributed by atoms with Crippen LogP contribution in [0.1, 0.15) is 34.8 Å². The number of aromatic nitrogens is 1. The van der Waals surface area contributed by atoms with Crippen molar-refractivity contribution in [1.82, 2.24) is 10.3 Å². The number of hydrogen-bond acceptors (Lipinski definition) is 3. The third-order valence-corrected chi connectivity index (χ3v) is 5.90. The number of carbonyl (C=O) groups excluding carboxylic acids is 1. The van der Waals surface area contributed by atoms with E-state index < -0.39 is 0 Å². The van der Waals surface area contributed by atoms with Crippen molar-refractivity contribution in [2.45, 2.75) is 43.0 Å². The van der Waals surface area contributed by atoms with Crippen molar-refractivity contribution in [3.8, 4) is 0 Å². The molecule has 1 fully saturated rings. The Hall–Kier alpha value is -2.33. The highest BCUT2D eigenvalue weighted by Gasteiger charge is 2.29. The number of rotatable bonds is 5. The average molecular weight is 362 g/mol. The van der Waals surface area contributed by atoms with Crippen LogP contribution in [-0.4, -0.2) is 16.9 Å². The fourth-order valence-electron chi connectivity index (χ4n) is 3.12. The molecule has 1 aliphatic rings. The second-order valence-electron chi connectivity index (χ2n) is 6.94. The van der Waals surface area contributed by atoms with E-state index in [1.54, 1.807) is 0 Å². The van der Waals surface area contributed by atoms with Crippen molar-refractivity contribution in [3.63, 3.8) is 0 Å². The molecule has 26 heavy (non-hydrogen) atoms. The average Bonchev–Trinajstić information content (AvgIpc) is 3.45. The van der Waals surface area contributed by atoms with Gasteiger partial charge < -0.3 is 5.32 Å². The van der Waals surface area contributed by atoms with Crippen molar-refractivity contribution >= 4 is 28.6 Å². The Bertz CT molecular complexity index is 951. The molecule has 1 amide bonds. The lowest BCUT2D eigenvalue weighted by molar-refractivity contribution is -0.120. The Balaban J connectivity index is 1.70. The van der Waals surface area contributed by atoms with Crippen LogP contribution >= 0.6 is 11.8 Å². The number of nitrogens with one attached hydrogen (secondary N) is 1. The molecule has 0 unspecified atom stereocenters. The van der Waals surface area contributed by atoms with Gasteiger partial charge in [-0.2, -0.15) is 0 Å². The fourth-order valence-corrected chi connectivity index (χ4v) is 4.22. The molecule has 0 bridgehead atoms. The summed E-state index contributed by atoms with van der Waals surface area (Å²) in [6, 6.07) is 18.7. The van der Waals surface area contributed by atoms with Crippen LogP contribution in [0.3, 0.4) is 0 Å². The predicted octanol–water partition coefficient (Wildman–Crippen LogP) is 4.96.